The second kappa shape index (κ2) is 9.23. The van der Waals surface area contributed by atoms with Gasteiger partial charge in [0, 0.05) is 6.54 Å². The van der Waals surface area contributed by atoms with Gasteiger partial charge in [0.2, 0.25) is 0 Å². The first-order valence-electron chi connectivity index (χ1n) is 6.55. The van der Waals surface area contributed by atoms with E-state index in [4.69, 9.17) is 16.2 Å². The van der Waals surface area contributed by atoms with E-state index in [1.807, 2.05) is 54.6 Å². The van der Waals surface area contributed by atoms with E-state index in [2.05, 4.69) is 4.99 Å². The van der Waals surface area contributed by atoms with Crippen molar-refractivity contribution in [1.29, 1.82) is 0 Å². The Morgan fingerprint density at radius 2 is 1.57 bits per heavy atom. The van der Waals surface area contributed by atoms with Gasteiger partial charge in [0.05, 0.1) is 0 Å². The number of aliphatic imine (C=N–C) groups is 1. The quantitative estimate of drug-likeness (QED) is 0.447. The first kappa shape index (κ1) is 17.3. The third-order valence-corrected chi connectivity index (χ3v) is 2.87. The van der Waals surface area contributed by atoms with Crippen LogP contribution in [-0.4, -0.2) is 12.5 Å². The number of guanidine groups is 1. The van der Waals surface area contributed by atoms with Gasteiger partial charge in [-0.25, -0.2) is 0 Å². The van der Waals surface area contributed by atoms with E-state index >= 15 is 0 Å². The minimum Gasteiger partial charge on any atom is -0.489 e. The highest BCUT2D eigenvalue weighted by Gasteiger charge is 1.97. The lowest BCUT2D eigenvalue weighted by Gasteiger charge is -2.07. The Labute approximate surface area is 142 Å². The standard InChI is InChI=1S/C16H19N3O.HI/c17-16(18)19-11-10-13-6-8-15(9-7-13)20-12-14-4-2-1-3-5-14;/h1-9H,10-12H2,(H4,17,18,19);1H. The molecule has 0 amide bonds. The third-order valence-electron chi connectivity index (χ3n) is 2.87. The monoisotopic (exact) mass is 397 g/mol. The molecule has 0 aliphatic rings. The number of rotatable bonds is 6. The summed E-state index contributed by atoms with van der Waals surface area (Å²) in [6, 6.07) is 18.1. The Kier molecular flexibility index (Phi) is 7.60. The van der Waals surface area contributed by atoms with Crippen LogP contribution in [0.2, 0.25) is 0 Å². The summed E-state index contributed by atoms with van der Waals surface area (Å²) < 4.78 is 5.72. The zero-order valence-electron chi connectivity index (χ0n) is 11.7. The average Bonchev–Trinajstić information content (AvgIpc) is 2.47. The molecule has 0 atom stereocenters. The van der Waals surface area contributed by atoms with Crippen molar-refractivity contribution in [2.45, 2.75) is 13.0 Å². The Morgan fingerprint density at radius 3 is 2.19 bits per heavy atom. The van der Waals surface area contributed by atoms with Crippen LogP contribution in [0.4, 0.5) is 0 Å². The first-order valence-corrected chi connectivity index (χ1v) is 6.55. The molecule has 0 aromatic heterocycles. The summed E-state index contributed by atoms with van der Waals surface area (Å²) >= 11 is 0. The zero-order chi connectivity index (χ0) is 14.2. The van der Waals surface area contributed by atoms with E-state index in [1.165, 1.54) is 5.56 Å². The van der Waals surface area contributed by atoms with Gasteiger partial charge in [-0.2, -0.15) is 0 Å². The predicted octanol–water partition coefficient (Wildman–Crippen LogP) is 2.70. The molecular weight excluding hydrogens is 377 g/mol. The van der Waals surface area contributed by atoms with Crippen molar-refractivity contribution < 1.29 is 4.74 Å². The maximum atomic E-state index is 5.72. The van der Waals surface area contributed by atoms with Gasteiger partial charge in [0.15, 0.2) is 5.96 Å². The summed E-state index contributed by atoms with van der Waals surface area (Å²) in [5, 5.41) is 0. The highest BCUT2D eigenvalue weighted by molar-refractivity contribution is 14.0. The maximum absolute atomic E-state index is 5.72. The highest BCUT2D eigenvalue weighted by atomic mass is 127. The molecule has 2 aromatic carbocycles. The molecule has 0 radical (unpaired) electrons. The second-order valence-electron chi connectivity index (χ2n) is 4.47. The van der Waals surface area contributed by atoms with Gasteiger partial charge in [0.25, 0.3) is 0 Å². The lowest BCUT2D eigenvalue weighted by atomic mass is 10.1. The van der Waals surface area contributed by atoms with E-state index in [1.54, 1.807) is 0 Å². The predicted molar refractivity (Wildman–Crippen MR) is 97.0 cm³/mol. The van der Waals surface area contributed by atoms with Crippen LogP contribution in [0.25, 0.3) is 0 Å². The smallest absolute Gasteiger partial charge is 0.185 e. The minimum absolute atomic E-state index is 0. The van der Waals surface area contributed by atoms with Crippen molar-refractivity contribution in [3.63, 3.8) is 0 Å². The lowest BCUT2D eigenvalue weighted by Crippen LogP contribution is -2.23. The molecule has 0 fully saturated rings. The Balaban J connectivity index is 0.00000220. The number of nitrogens with zero attached hydrogens (tertiary/aromatic N) is 1. The summed E-state index contributed by atoms with van der Waals surface area (Å²) in [6.45, 7) is 1.18. The Bertz CT molecular complexity index is 551. The fraction of sp³-hybridized carbons (Fsp3) is 0.188. The fourth-order valence-corrected chi connectivity index (χ4v) is 1.81. The molecule has 0 saturated heterocycles. The van der Waals surface area contributed by atoms with Crippen LogP contribution in [0.5, 0.6) is 5.75 Å². The SMILES string of the molecule is I.NC(N)=NCCc1ccc(OCc2ccccc2)cc1. The number of nitrogens with two attached hydrogens (primary N) is 2. The van der Waals surface area contributed by atoms with Gasteiger partial charge in [-0.05, 0) is 29.7 Å². The van der Waals surface area contributed by atoms with E-state index in [9.17, 15) is 0 Å². The molecule has 0 bridgehead atoms. The first-order chi connectivity index (χ1) is 9.74. The normalized spacial score (nSPS) is 9.52. The topological polar surface area (TPSA) is 73.6 Å². The molecule has 0 aliphatic carbocycles. The van der Waals surface area contributed by atoms with E-state index in [0.29, 0.717) is 13.2 Å². The van der Waals surface area contributed by atoms with Crippen molar-refractivity contribution in [2.75, 3.05) is 6.54 Å². The van der Waals surface area contributed by atoms with Crippen molar-refractivity contribution in [3.8, 4) is 5.75 Å². The number of ether oxygens (including phenoxy) is 1. The third kappa shape index (κ3) is 6.48. The summed E-state index contributed by atoms with van der Waals surface area (Å²) in [4.78, 5) is 3.96. The number of benzene rings is 2. The number of halogens is 1. The zero-order valence-corrected chi connectivity index (χ0v) is 14.1. The molecule has 2 aromatic rings. The molecule has 0 heterocycles. The molecule has 5 heteroatoms. The van der Waals surface area contributed by atoms with Crippen LogP contribution >= 0.6 is 24.0 Å². The maximum Gasteiger partial charge on any atom is 0.185 e. The van der Waals surface area contributed by atoms with E-state index in [0.717, 1.165) is 17.7 Å². The van der Waals surface area contributed by atoms with Gasteiger partial charge in [-0.1, -0.05) is 42.5 Å². The van der Waals surface area contributed by atoms with Gasteiger partial charge < -0.3 is 16.2 Å². The molecular formula is C16H20IN3O. The molecule has 0 aliphatic heterocycles. The van der Waals surface area contributed by atoms with Crippen molar-refractivity contribution in [3.05, 3.63) is 65.7 Å². The summed E-state index contributed by atoms with van der Waals surface area (Å²) in [7, 11) is 0. The van der Waals surface area contributed by atoms with Crippen LogP contribution in [-0.2, 0) is 13.0 Å². The Hall–Kier alpha value is -1.76. The molecule has 112 valence electrons. The van der Waals surface area contributed by atoms with Gasteiger partial charge in [-0.3, -0.25) is 4.99 Å². The fourth-order valence-electron chi connectivity index (χ4n) is 1.81. The van der Waals surface area contributed by atoms with Crippen LogP contribution < -0.4 is 16.2 Å². The summed E-state index contributed by atoms with van der Waals surface area (Å²) in [6.07, 6.45) is 0.816. The van der Waals surface area contributed by atoms with E-state index in [-0.39, 0.29) is 29.9 Å². The number of hydrogen-bond donors (Lipinski definition) is 2. The molecule has 0 spiro atoms. The van der Waals surface area contributed by atoms with Crippen LogP contribution in [0.15, 0.2) is 59.6 Å². The van der Waals surface area contributed by atoms with Gasteiger partial charge >= 0.3 is 0 Å². The number of hydrogen-bond acceptors (Lipinski definition) is 2. The molecule has 4 nitrogen and oxygen atoms in total. The average molecular weight is 397 g/mol. The van der Waals surface area contributed by atoms with E-state index < -0.39 is 0 Å². The van der Waals surface area contributed by atoms with Crippen LogP contribution in [0.3, 0.4) is 0 Å². The summed E-state index contributed by atoms with van der Waals surface area (Å²) in [5.74, 6) is 0.993. The van der Waals surface area contributed by atoms with Crippen LogP contribution in [0.1, 0.15) is 11.1 Å². The van der Waals surface area contributed by atoms with Crippen molar-refractivity contribution in [1.82, 2.24) is 0 Å². The molecule has 0 unspecified atom stereocenters. The van der Waals surface area contributed by atoms with Gasteiger partial charge in [-0.15, -0.1) is 24.0 Å². The minimum atomic E-state index is 0. The molecule has 0 saturated carbocycles. The lowest BCUT2D eigenvalue weighted by molar-refractivity contribution is 0.306. The van der Waals surface area contributed by atoms with Crippen LogP contribution in [0, 0.1) is 0 Å². The Morgan fingerprint density at radius 1 is 0.905 bits per heavy atom. The molecule has 21 heavy (non-hydrogen) atoms. The second-order valence-corrected chi connectivity index (χ2v) is 4.47. The van der Waals surface area contributed by atoms with Gasteiger partial charge in [0.1, 0.15) is 12.4 Å². The molecule has 4 N–H and O–H groups in total. The summed E-state index contributed by atoms with van der Waals surface area (Å²) in [5.41, 5.74) is 12.9. The largest absolute Gasteiger partial charge is 0.489 e. The van der Waals surface area contributed by atoms with Crippen molar-refractivity contribution >= 4 is 29.9 Å². The van der Waals surface area contributed by atoms with Crippen molar-refractivity contribution in [2.24, 2.45) is 16.5 Å². The molecule has 2 rings (SSSR count). The highest BCUT2D eigenvalue weighted by Crippen LogP contribution is 2.14.